The van der Waals surface area contributed by atoms with Crippen molar-refractivity contribution in [2.24, 2.45) is 5.73 Å². The molecule has 0 bridgehead atoms. The lowest BCUT2D eigenvalue weighted by atomic mass is 9.78. The smallest absolute Gasteiger partial charge is 0.237 e. The summed E-state index contributed by atoms with van der Waals surface area (Å²) in [6.07, 6.45) is 6.54. The van der Waals surface area contributed by atoms with Crippen molar-refractivity contribution in [3.8, 4) is 0 Å². The number of rotatable bonds is 5. The first-order valence-corrected chi connectivity index (χ1v) is 7.38. The molecule has 0 aromatic rings. The maximum Gasteiger partial charge on any atom is 0.237 e. The molecule has 110 valence electrons. The van der Waals surface area contributed by atoms with Crippen LogP contribution in [0, 0.1) is 0 Å². The normalized spacial score (nSPS) is 35.7. The lowest BCUT2D eigenvalue weighted by Crippen LogP contribution is -2.59. The number of nitrogens with two attached hydrogens (primary N) is 1. The summed E-state index contributed by atoms with van der Waals surface area (Å²) in [7, 11) is 3.98. The van der Waals surface area contributed by atoms with Gasteiger partial charge in [0.25, 0.3) is 0 Å². The molecule has 1 saturated heterocycles. The van der Waals surface area contributed by atoms with E-state index in [0.717, 1.165) is 45.3 Å². The molecule has 3 atom stereocenters. The molecule has 5 nitrogen and oxygen atoms in total. The Hall–Kier alpha value is -0.650. The molecule has 1 aliphatic heterocycles. The molecular formula is C14H27N3O2. The molecule has 0 aromatic carbocycles. The van der Waals surface area contributed by atoms with Crippen molar-refractivity contribution in [2.45, 2.75) is 56.2 Å². The summed E-state index contributed by atoms with van der Waals surface area (Å²) < 4.78 is 5.69. The Morgan fingerprint density at radius 1 is 1.47 bits per heavy atom. The van der Waals surface area contributed by atoms with Crippen LogP contribution in [0.5, 0.6) is 0 Å². The summed E-state index contributed by atoms with van der Waals surface area (Å²) in [6, 6.07) is 0.415. The maximum absolute atomic E-state index is 11.7. The second-order valence-corrected chi connectivity index (χ2v) is 6.02. The largest absolute Gasteiger partial charge is 0.377 e. The number of nitrogens with one attached hydrogen (secondary N) is 1. The average Bonchev–Trinajstić information content (AvgIpc) is 2.91. The Bertz CT molecular complexity index is 318. The number of carbonyl (C=O) groups is 1. The minimum absolute atomic E-state index is 0.217. The van der Waals surface area contributed by atoms with E-state index in [9.17, 15) is 4.79 Å². The lowest BCUT2D eigenvalue weighted by Gasteiger charge is -2.42. The summed E-state index contributed by atoms with van der Waals surface area (Å²) in [5.41, 5.74) is 5.07. The maximum atomic E-state index is 11.7. The van der Waals surface area contributed by atoms with Gasteiger partial charge in [0, 0.05) is 19.2 Å². The van der Waals surface area contributed by atoms with Crippen LogP contribution in [0.25, 0.3) is 0 Å². The highest BCUT2D eigenvalue weighted by Crippen LogP contribution is 2.31. The fourth-order valence-electron chi connectivity index (χ4n) is 3.45. The highest BCUT2D eigenvalue weighted by atomic mass is 16.5. The first kappa shape index (κ1) is 14.8. The van der Waals surface area contributed by atoms with E-state index in [-0.39, 0.29) is 5.91 Å². The van der Waals surface area contributed by atoms with Gasteiger partial charge in [0.15, 0.2) is 0 Å². The van der Waals surface area contributed by atoms with Crippen LogP contribution in [0.1, 0.15) is 38.5 Å². The Balaban J connectivity index is 1.93. The second kappa shape index (κ2) is 6.20. The van der Waals surface area contributed by atoms with Gasteiger partial charge in [0.05, 0.1) is 11.6 Å². The molecule has 1 heterocycles. The summed E-state index contributed by atoms with van der Waals surface area (Å²) in [6.45, 7) is 1.86. The van der Waals surface area contributed by atoms with Crippen LogP contribution < -0.4 is 11.1 Å². The molecule has 5 heteroatoms. The van der Waals surface area contributed by atoms with Crippen molar-refractivity contribution < 1.29 is 9.53 Å². The van der Waals surface area contributed by atoms with Crippen molar-refractivity contribution in [3.05, 3.63) is 0 Å². The molecule has 3 unspecified atom stereocenters. The first-order valence-electron chi connectivity index (χ1n) is 7.38. The molecule has 2 rings (SSSR count). The molecule has 0 spiro atoms. The minimum Gasteiger partial charge on any atom is -0.377 e. The van der Waals surface area contributed by atoms with Crippen LogP contribution in [0.3, 0.4) is 0 Å². The van der Waals surface area contributed by atoms with E-state index in [2.05, 4.69) is 17.3 Å². The van der Waals surface area contributed by atoms with Gasteiger partial charge in [-0.2, -0.15) is 0 Å². The monoisotopic (exact) mass is 269 g/mol. The predicted molar refractivity (Wildman–Crippen MR) is 74.8 cm³/mol. The average molecular weight is 269 g/mol. The van der Waals surface area contributed by atoms with E-state index in [4.69, 9.17) is 10.5 Å². The van der Waals surface area contributed by atoms with Gasteiger partial charge in [-0.3, -0.25) is 4.79 Å². The van der Waals surface area contributed by atoms with E-state index in [1.165, 1.54) is 6.42 Å². The fourth-order valence-corrected chi connectivity index (χ4v) is 3.45. The number of likely N-dealkylation sites (N-methyl/N-ethyl adjacent to an activating group) is 2. The molecular weight excluding hydrogens is 242 g/mol. The van der Waals surface area contributed by atoms with Gasteiger partial charge in [-0.25, -0.2) is 0 Å². The molecule has 1 amide bonds. The van der Waals surface area contributed by atoms with Gasteiger partial charge >= 0.3 is 0 Å². The third-order valence-corrected chi connectivity index (χ3v) is 4.81. The van der Waals surface area contributed by atoms with E-state index in [1.807, 2.05) is 7.05 Å². The fraction of sp³-hybridized carbons (Fsp3) is 0.929. The standard InChI is InChI=1S/C14H27N3O2/c1-16-14(13(15)18)7-3-5-11(9-14)17(2)10-12-6-4-8-19-12/h11-12,16H,3-10H2,1-2H3,(H2,15,18). The number of carbonyl (C=O) groups excluding carboxylic acids is 1. The quantitative estimate of drug-likeness (QED) is 0.762. The molecule has 19 heavy (non-hydrogen) atoms. The highest BCUT2D eigenvalue weighted by molar-refractivity contribution is 5.84. The Morgan fingerprint density at radius 2 is 2.26 bits per heavy atom. The van der Waals surface area contributed by atoms with Crippen LogP contribution >= 0.6 is 0 Å². The van der Waals surface area contributed by atoms with Crippen LogP contribution in [0.2, 0.25) is 0 Å². The van der Waals surface area contributed by atoms with Crippen molar-refractivity contribution >= 4 is 5.91 Å². The number of hydrogen-bond acceptors (Lipinski definition) is 4. The zero-order valence-corrected chi connectivity index (χ0v) is 12.2. The van der Waals surface area contributed by atoms with Crippen LogP contribution in [-0.4, -0.2) is 55.7 Å². The Morgan fingerprint density at radius 3 is 2.84 bits per heavy atom. The van der Waals surface area contributed by atoms with E-state index < -0.39 is 5.54 Å². The summed E-state index contributed by atoms with van der Waals surface area (Å²) in [4.78, 5) is 14.1. The molecule has 2 fully saturated rings. The second-order valence-electron chi connectivity index (χ2n) is 6.02. The SMILES string of the molecule is CNC1(C(N)=O)CCCC(N(C)CC2CCCO2)C1. The van der Waals surface area contributed by atoms with Crippen molar-refractivity contribution in [2.75, 3.05) is 27.2 Å². The Kier molecular flexibility index (Phi) is 4.81. The number of hydrogen-bond donors (Lipinski definition) is 2. The number of nitrogens with zero attached hydrogens (tertiary/aromatic N) is 1. The molecule has 2 aliphatic rings. The van der Waals surface area contributed by atoms with Crippen molar-refractivity contribution in [1.82, 2.24) is 10.2 Å². The van der Waals surface area contributed by atoms with Gasteiger partial charge in [-0.1, -0.05) is 0 Å². The third kappa shape index (κ3) is 3.27. The molecule has 0 aromatic heterocycles. The van der Waals surface area contributed by atoms with Gasteiger partial charge in [0.1, 0.15) is 0 Å². The summed E-state index contributed by atoms with van der Waals surface area (Å²) in [5, 5.41) is 3.16. The zero-order chi connectivity index (χ0) is 13.9. The summed E-state index contributed by atoms with van der Waals surface area (Å²) >= 11 is 0. The van der Waals surface area contributed by atoms with E-state index in [0.29, 0.717) is 12.1 Å². The van der Waals surface area contributed by atoms with Gasteiger partial charge in [-0.05, 0) is 52.6 Å². The lowest BCUT2D eigenvalue weighted by molar-refractivity contribution is -0.126. The van der Waals surface area contributed by atoms with Gasteiger partial charge < -0.3 is 20.7 Å². The van der Waals surface area contributed by atoms with Crippen LogP contribution in [0.4, 0.5) is 0 Å². The van der Waals surface area contributed by atoms with E-state index in [1.54, 1.807) is 0 Å². The summed E-state index contributed by atoms with van der Waals surface area (Å²) in [5.74, 6) is -0.217. The third-order valence-electron chi connectivity index (χ3n) is 4.81. The number of ether oxygens (including phenoxy) is 1. The minimum atomic E-state index is -0.520. The van der Waals surface area contributed by atoms with Gasteiger partial charge in [0.2, 0.25) is 5.91 Å². The zero-order valence-electron chi connectivity index (χ0n) is 12.2. The topological polar surface area (TPSA) is 67.6 Å². The molecule has 0 radical (unpaired) electrons. The first-order chi connectivity index (χ1) is 9.07. The van der Waals surface area contributed by atoms with Gasteiger partial charge in [-0.15, -0.1) is 0 Å². The van der Waals surface area contributed by atoms with Crippen LogP contribution in [-0.2, 0) is 9.53 Å². The van der Waals surface area contributed by atoms with Crippen molar-refractivity contribution in [3.63, 3.8) is 0 Å². The molecule has 1 saturated carbocycles. The molecule has 3 N–H and O–H groups in total. The number of amides is 1. The van der Waals surface area contributed by atoms with Crippen LogP contribution in [0.15, 0.2) is 0 Å². The van der Waals surface area contributed by atoms with E-state index >= 15 is 0 Å². The number of primary amides is 1. The molecule has 1 aliphatic carbocycles. The Labute approximate surface area is 115 Å². The predicted octanol–water partition coefficient (Wildman–Crippen LogP) is 0.483. The van der Waals surface area contributed by atoms with Crippen molar-refractivity contribution in [1.29, 1.82) is 0 Å². The highest BCUT2D eigenvalue weighted by Gasteiger charge is 2.41.